The summed E-state index contributed by atoms with van der Waals surface area (Å²) in [5.41, 5.74) is 6.89. The average Bonchev–Trinajstić information content (AvgIpc) is 2.30. The molecule has 2 aromatic carbocycles. The van der Waals surface area contributed by atoms with Gasteiger partial charge in [-0.2, -0.15) is 0 Å². The Hall–Kier alpha value is -0.710. The summed E-state index contributed by atoms with van der Waals surface area (Å²) in [5, 5.41) is 0.595. The highest BCUT2D eigenvalue weighted by molar-refractivity contribution is 9.10. The van der Waals surface area contributed by atoms with Crippen molar-refractivity contribution in [3.8, 4) is 0 Å². The van der Waals surface area contributed by atoms with Crippen LogP contribution in [0.1, 0.15) is 5.56 Å². The van der Waals surface area contributed by atoms with Gasteiger partial charge in [-0.15, -0.1) is 11.8 Å². The SMILES string of the molecule is Nc1ccc(SCc2ccc(Br)cc2F)c(Cl)c1. The molecule has 0 aliphatic rings. The lowest BCUT2D eigenvalue weighted by Crippen LogP contribution is -1.89. The third-order valence-corrected chi connectivity index (χ3v) is 4.39. The van der Waals surface area contributed by atoms with Gasteiger partial charge < -0.3 is 5.73 Å². The van der Waals surface area contributed by atoms with Crippen LogP contribution in [-0.4, -0.2) is 0 Å². The van der Waals surface area contributed by atoms with Crippen molar-refractivity contribution in [1.82, 2.24) is 0 Å². The maximum Gasteiger partial charge on any atom is 0.128 e. The summed E-state index contributed by atoms with van der Waals surface area (Å²) in [6, 6.07) is 10.4. The number of nitrogens with two attached hydrogens (primary N) is 1. The van der Waals surface area contributed by atoms with E-state index in [1.54, 1.807) is 18.2 Å². The molecule has 18 heavy (non-hydrogen) atoms. The molecule has 0 fully saturated rings. The van der Waals surface area contributed by atoms with Crippen LogP contribution in [0, 0.1) is 5.82 Å². The molecular weight excluding hydrogens is 337 g/mol. The molecule has 0 aliphatic heterocycles. The fourth-order valence-corrected chi connectivity index (χ4v) is 3.02. The zero-order valence-corrected chi connectivity index (χ0v) is 12.4. The number of nitrogen functional groups attached to an aromatic ring is 1. The topological polar surface area (TPSA) is 26.0 Å². The van der Waals surface area contributed by atoms with Crippen molar-refractivity contribution in [2.45, 2.75) is 10.6 Å². The third-order valence-electron chi connectivity index (χ3n) is 2.35. The first-order valence-corrected chi connectivity index (χ1v) is 7.33. The first-order valence-electron chi connectivity index (χ1n) is 5.18. The number of benzene rings is 2. The second-order valence-corrected chi connectivity index (χ2v) is 6.05. The van der Waals surface area contributed by atoms with E-state index in [0.717, 1.165) is 9.37 Å². The van der Waals surface area contributed by atoms with E-state index in [4.69, 9.17) is 17.3 Å². The molecule has 0 unspecified atom stereocenters. The van der Waals surface area contributed by atoms with E-state index in [2.05, 4.69) is 15.9 Å². The summed E-state index contributed by atoms with van der Waals surface area (Å²) in [7, 11) is 0. The molecule has 2 rings (SSSR count). The molecule has 0 radical (unpaired) electrons. The fourth-order valence-electron chi connectivity index (χ4n) is 1.43. The summed E-state index contributed by atoms with van der Waals surface area (Å²) in [6.45, 7) is 0. The largest absolute Gasteiger partial charge is 0.399 e. The molecular formula is C13H10BrClFNS. The van der Waals surface area contributed by atoms with Crippen LogP contribution in [0.15, 0.2) is 45.8 Å². The minimum Gasteiger partial charge on any atom is -0.399 e. The Kier molecular flexibility index (Phi) is 4.54. The Bertz CT molecular complexity index is 525. The van der Waals surface area contributed by atoms with Crippen LogP contribution in [0.4, 0.5) is 10.1 Å². The second-order valence-electron chi connectivity index (χ2n) is 3.71. The molecule has 0 saturated carbocycles. The van der Waals surface area contributed by atoms with Gasteiger partial charge in [0.05, 0.1) is 5.02 Å². The van der Waals surface area contributed by atoms with Gasteiger partial charge in [0.1, 0.15) is 5.82 Å². The smallest absolute Gasteiger partial charge is 0.128 e. The first kappa shape index (κ1) is 13.7. The maximum absolute atomic E-state index is 13.6. The van der Waals surface area contributed by atoms with Gasteiger partial charge in [0.15, 0.2) is 0 Å². The van der Waals surface area contributed by atoms with Crippen molar-refractivity contribution in [2.24, 2.45) is 0 Å². The van der Waals surface area contributed by atoms with Crippen LogP contribution in [0.25, 0.3) is 0 Å². The summed E-state index contributed by atoms with van der Waals surface area (Å²) in [5.74, 6) is 0.311. The monoisotopic (exact) mass is 345 g/mol. The Morgan fingerprint density at radius 2 is 2.00 bits per heavy atom. The number of rotatable bonds is 3. The second kappa shape index (κ2) is 5.95. The summed E-state index contributed by atoms with van der Waals surface area (Å²) in [6.07, 6.45) is 0. The highest BCUT2D eigenvalue weighted by Gasteiger charge is 2.06. The summed E-state index contributed by atoms with van der Waals surface area (Å²) >= 11 is 10.8. The van der Waals surface area contributed by atoms with Gasteiger partial charge in [-0.1, -0.05) is 33.6 Å². The molecule has 0 heterocycles. The van der Waals surface area contributed by atoms with E-state index in [1.165, 1.54) is 17.8 Å². The molecule has 2 N–H and O–H groups in total. The number of anilines is 1. The molecule has 0 aromatic heterocycles. The fraction of sp³-hybridized carbons (Fsp3) is 0.0769. The molecule has 0 saturated heterocycles. The molecule has 1 nitrogen and oxygen atoms in total. The van der Waals surface area contributed by atoms with E-state index in [-0.39, 0.29) is 5.82 Å². The van der Waals surface area contributed by atoms with Crippen LogP contribution in [0.3, 0.4) is 0 Å². The predicted molar refractivity (Wildman–Crippen MR) is 79.5 cm³/mol. The van der Waals surface area contributed by atoms with Crippen molar-refractivity contribution < 1.29 is 4.39 Å². The lowest BCUT2D eigenvalue weighted by molar-refractivity contribution is 0.616. The lowest BCUT2D eigenvalue weighted by Gasteiger charge is -2.06. The Morgan fingerprint density at radius 3 is 2.67 bits per heavy atom. The molecule has 5 heteroatoms. The minimum absolute atomic E-state index is 0.219. The quantitative estimate of drug-likeness (QED) is 0.617. The van der Waals surface area contributed by atoms with Gasteiger partial charge >= 0.3 is 0 Å². The number of hydrogen-bond acceptors (Lipinski definition) is 2. The summed E-state index contributed by atoms with van der Waals surface area (Å²) < 4.78 is 14.4. The van der Waals surface area contributed by atoms with Gasteiger partial charge in [-0.25, -0.2) is 4.39 Å². The Labute approximate surface area is 123 Å². The van der Waals surface area contributed by atoms with Crippen molar-refractivity contribution in [3.05, 3.63) is 57.3 Å². The van der Waals surface area contributed by atoms with Gasteiger partial charge in [0.2, 0.25) is 0 Å². The Balaban J connectivity index is 2.11. The normalized spacial score (nSPS) is 10.6. The van der Waals surface area contributed by atoms with Crippen LogP contribution in [0.5, 0.6) is 0 Å². The van der Waals surface area contributed by atoms with Crippen molar-refractivity contribution >= 4 is 45.0 Å². The van der Waals surface area contributed by atoms with Gasteiger partial charge in [-0.3, -0.25) is 0 Å². The van der Waals surface area contributed by atoms with Gasteiger partial charge in [0, 0.05) is 20.8 Å². The van der Waals surface area contributed by atoms with E-state index in [9.17, 15) is 4.39 Å². The van der Waals surface area contributed by atoms with Crippen molar-refractivity contribution in [1.29, 1.82) is 0 Å². The Morgan fingerprint density at radius 1 is 1.22 bits per heavy atom. The highest BCUT2D eigenvalue weighted by atomic mass is 79.9. The number of thioether (sulfide) groups is 1. The first-order chi connectivity index (χ1) is 8.56. The van der Waals surface area contributed by atoms with Crippen LogP contribution in [0.2, 0.25) is 5.02 Å². The standard InChI is InChI=1S/C13H10BrClFNS/c14-9-2-1-8(12(16)5-9)7-18-13-4-3-10(17)6-11(13)15/h1-6H,7,17H2. The van der Waals surface area contributed by atoms with E-state index < -0.39 is 0 Å². The number of hydrogen-bond donors (Lipinski definition) is 1. The number of halogens is 3. The zero-order valence-electron chi connectivity index (χ0n) is 9.29. The lowest BCUT2D eigenvalue weighted by atomic mass is 10.2. The minimum atomic E-state index is -0.219. The highest BCUT2D eigenvalue weighted by Crippen LogP contribution is 2.32. The molecule has 0 amide bonds. The van der Waals surface area contributed by atoms with E-state index in [0.29, 0.717) is 22.0 Å². The van der Waals surface area contributed by atoms with Crippen molar-refractivity contribution in [3.63, 3.8) is 0 Å². The van der Waals surface area contributed by atoms with Crippen LogP contribution in [-0.2, 0) is 5.75 Å². The van der Waals surface area contributed by atoms with E-state index >= 15 is 0 Å². The maximum atomic E-state index is 13.6. The molecule has 0 bridgehead atoms. The van der Waals surface area contributed by atoms with Crippen LogP contribution < -0.4 is 5.73 Å². The summed E-state index contributed by atoms with van der Waals surface area (Å²) in [4.78, 5) is 0.896. The van der Waals surface area contributed by atoms with Crippen LogP contribution >= 0.6 is 39.3 Å². The molecule has 94 valence electrons. The molecule has 0 atom stereocenters. The molecule has 2 aromatic rings. The van der Waals surface area contributed by atoms with Gasteiger partial charge in [0.25, 0.3) is 0 Å². The molecule has 0 aliphatic carbocycles. The van der Waals surface area contributed by atoms with E-state index in [1.807, 2.05) is 12.1 Å². The zero-order chi connectivity index (χ0) is 13.1. The molecule has 0 spiro atoms. The van der Waals surface area contributed by atoms with Crippen molar-refractivity contribution in [2.75, 3.05) is 5.73 Å². The average molecular weight is 347 g/mol. The predicted octanol–water partition coefficient (Wildman–Crippen LogP) is 5.12. The van der Waals surface area contributed by atoms with Gasteiger partial charge in [-0.05, 0) is 35.9 Å². The third kappa shape index (κ3) is 3.40.